The van der Waals surface area contributed by atoms with E-state index in [-0.39, 0.29) is 11.9 Å². The van der Waals surface area contributed by atoms with Crippen molar-refractivity contribution in [2.75, 3.05) is 7.05 Å². The van der Waals surface area contributed by atoms with Gasteiger partial charge in [-0.1, -0.05) is 0 Å². The number of hydrogen-bond donors (Lipinski definition) is 0. The van der Waals surface area contributed by atoms with E-state index in [2.05, 4.69) is 5.10 Å². The second-order valence-corrected chi connectivity index (χ2v) is 4.18. The Morgan fingerprint density at radius 1 is 1.53 bits per heavy atom. The number of nitrogens with zero attached hydrogens (tertiary/aromatic N) is 3. The standard InChI is InChI=1S/C11H19N3O/c1-8(2)13(5)11(15)7-14-10(4)6-9(3)12-14/h6,8H,7H2,1-5H3. The van der Waals surface area contributed by atoms with Crippen molar-refractivity contribution in [3.8, 4) is 0 Å². The normalized spacial score (nSPS) is 10.8. The van der Waals surface area contributed by atoms with Gasteiger partial charge in [-0.3, -0.25) is 9.48 Å². The van der Waals surface area contributed by atoms with Crippen molar-refractivity contribution in [1.29, 1.82) is 0 Å². The summed E-state index contributed by atoms with van der Waals surface area (Å²) >= 11 is 0. The summed E-state index contributed by atoms with van der Waals surface area (Å²) in [5, 5.41) is 4.26. The highest BCUT2D eigenvalue weighted by Crippen LogP contribution is 2.03. The third kappa shape index (κ3) is 2.81. The van der Waals surface area contributed by atoms with Crippen molar-refractivity contribution in [2.45, 2.75) is 40.3 Å². The zero-order valence-corrected chi connectivity index (χ0v) is 10.1. The molecule has 0 aliphatic heterocycles. The van der Waals surface area contributed by atoms with Crippen LogP contribution >= 0.6 is 0 Å². The van der Waals surface area contributed by atoms with Crippen LogP contribution in [0.4, 0.5) is 0 Å². The monoisotopic (exact) mass is 209 g/mol. The molecule has 0 saturated carbocycles. The third-order valence-corrected chi connectivity index (χ3v) is 2.56. The topological polar surface area (TPSA) is 38.1 Å². The molecule has 1 amide bonds. The maximum atomic E-state index is 11.8. The molecule has 0 aromatic carbocycles. The van der Waals surface area contributed by atoms with Crippen molar-refractivity contribution in [2.24, 2.45) is 0 Å². The van der Waals surface area contributed by atoms with Crippen LogP contribution in [0.15, 0.2) is 6.07 Å². The van der Waals surface area contributed by atoms with Crippen molar-refractivity contribution in [1.82, 2.24) is 14.7 Å². The summed E-state index contributed by atoms with van der Waals surface area (Å²) < 4.78 is 1.75. The lowest BCUT2D eigenvalue weighted by atomic mass is 10.3. The smallest absolute Gasteiger partial charge is 0.244 e. The molecule has 0 aliphatic carbocycles. The number of rotatable bonds is 3. The number of hydrogen-bond acceptors (Lipinski definition) is 2. The molecule has 84 valence electrons. The lowest BCUT2D eigenvalue weighted by molar-refractivity contribution is -0.132. The average Bonchev–Trinajstić information content (AvgIpc) is 2.43. The summed E-state index contributed by atoms with van der Waals surface area (Å²) in [4.78, 5) is 13.5. The second-order valence-electron chi connectivity index (χ2n) is 4.18. The van der Waals surface area contributed by atoms with Crippen molar-refractivity contribution in [3.05, 3.63) is 17.5 Å². The minimum atomic E-state index is 0.0937. The largest absolute Gasteiger partial charge is 0.342 e. The molecule has 0 atom stereocenters. The molecule has 0 fully saturated rings. The minimum Gasteiger partial charge on any atom is -0.342 e. The van der Waals surface area contributed by atoms with E-state index >= 15 is 0 Å². The molecule has 0 unspecified atom stereocenters. The lowest BCUT2D eigenvalue weighted by Crippen LogP contribution is -2.35. The number of aromatic nitrogens is 2. The summed E-state index contributed by atoms with van der Waals surface area (Å²) in [6, 6.07) is 2.21. The van der Waals surface area contributed by atoms with Crippen LogP contribution in [0.25, 0.3) is 0 Å². The number of carbonyl (C=O) groups is 1. The van der Waals surface area contributed by atoms with E-state index in [0.29, 0.717) is 6.54 Å². The lowest BCUT2D eigenvalue weighted by Gasteiger charge is -2.21. The quantitative estimate of drug-likeness (QED) is 0.754. The van der Waals surface area contributed by atoms with E-state index in [4.69, 9.17) is 0 Å². The summed E-state index contributed by atoms with van der Waals surface area (Å²) in [7, 11) is 1.82. The molecule has 0 bridgehead atoms. The van der Waals surface area contributed by atoms with Crippen molar-refractivity contribution in [3.63, 3.8) is 0 Å². The molecule has 0 N–H and O–H groups in total. The van der Waals surface area contributed by atoms with E-state index in [9.17, 15) is 4.79 Å². The van der Waals surface area contributed by atoms with Gasteiger partial charge in [-0.15, -0.1) is 0 Å². The molecule has 15 heavy (non-hydrogen) atoms. The Morgan fingerprint density at radius 3 is 2.53 bits per heavy atom. The Hall–Kier alpha value is -1.32. The molecule has 0 saturated heterocycles. The molecular weight excluding hydrogens is 190 g/mol. The van der Waals surface area contributed by atoms with Gasteiger partial charge < -0.3 is 4.90 Å². The van der Waals surface area contributed by atoms with Gasteiger partial charge in [0.2, 0.25) is 5.91 Å². The van der Waals surface area contributed by atoms with Crippen molar-refractivity contribution < 1.29 is 4.79 Å². The Kier molecular flexibility index (Phi) is 3.50. The van der Waals surface area contributed by atoms with Gasteiger partial charge >= 0.3 is 0 Å². The van der Waals surface area contributed by atoms with Gasteiger partial charge in [0.05, 0.1) is 5.69 Å². The molecule has 1 aromatic heterocycles. The summed E-state index contributed by atoms with van der Waals surface area (Å²) in [6.45, 7) is 8.22. The van der Waals surface area contributed by atoms with Gasteiger partial charge in [0.15, 0.2) is 0 Å². The zero-order chi connectivity index (χ0) is 11.6. The Morgan fingerprint density at radius 2 is 2.13 bits per heavy atom. The summed E-state index contributed by atoms with van der Waals surface area (Å²) in [5.41, 5.74) is 1.98. The van der Waals surface area contributed by atoms with E-state index in [1.54, 1.807) is 9.58 Å². The van der Waals surface area contributed by atoms with Crippen LogP contribution in [0.2, 0.25) is 0 Å². The number of likely N-dealkylation sites (N-methyl/N-ethyl adjacent to an activating group) is 1. The van der Waals surface area contributed by atoms with Gasteiger partial charge in [-0.2, -0.15) is 5.10 Å². The number of aryl methyl sites for hydroxylation is 2. The van der Waals surface area contributed by atoms with Crippen LogP contribution in [0.3, 0.4) is 0 Å². The van der Waals surface area contributed by atoms with Gasteiger partial charge in [0.25, 0.3) is 0 Å². The molecule has 4 nitrogen and oxygen atoms in total. The van der Waals surface area contributed by atoms with Crippen LogP contribution in [0, 0.1) is 13.8 Å². The van der Waals surface area contributed by atoms with Gasteiger partial charge in [-0.25, -0.2) is 0 Å². The van der Waals surface area contributed by atoms with Crippen LogP contribution in [0.5, 0.6) is 0 Å². The predicted molar refractivity (Wildman–Crippen MR) is 59.6 cm³/mol. The average molecular weight is 209 g/mol. The summed E-state index contributed by atoms with van der Waals surface area (Å²) in [5.74, 6) is 0.0937. The van der Waals surface area contributed by atoms with Gasteiger partial charge in [-0.05, 0) is 33.8 Å². The van der Waals surface area contributed by atoms with Crippen molar-refractivity contribution >= 4 is 5.91 Å². The SMILES string of the molecule is Cc1cc(C)n(CC(=O)N(C)C(C)C)n1. The maximum Gasteiger partial charge on any atom is 0.244 e. The van der Waals surface area contributed by atoms with Gasteiger partial charge in [0, 0.05) is 18.8 Å². The predicted octanol–water partition coefficient (Wildman–Crippen LogP) is 1.37. The Bertz CT molecular complexity index is 355. The molecule has 4 heteroatoms. The maximum absolute atomic E-state index is 11.8. The fraction of sp³-hybridized carbons (Fsp3) is 0.636. The highest BCUT2D eigenvalue weighted by Gasteiger charge is 2.13. The van der Waals surface area contributed by atoms with E-state index < -0.39 is 0 Å². The highest BCUT2D eigenvalue weighted by molar-refractivity contribution is 5.75. The zero-order valence-electron chi connectivity index (χ0n) is 10.1. The molecule has 1 heterocycles. The molecule has 0 aliphatic rings. The fourth-order valence-corrected chi connectivity index (χ4v) is 1.36. The second kappa shape index (κ2) is 4.47. The van der Waals surface area contributed by atoms with E-state index in [1.165, 1.54) is 0 Å². The Labute approximate surface area is 90.9 Å². The van der Waals surface area contributed by atoms with Crippen LogP contribution in [-0.4, -0.2) is 33.7 Å². The van der Waals surface area contributed by atoms with Crippen LogP contribution in [-0.2, 0) is 11.3 Å². The first-order valence-corrected chi connectivity index (χ1v) is 5.18. The fourth-order valence-electron chi connectivity index (χ4n) is 1.36. The first-order valence-electron chi connectivity index (χ1n) is 5.18. The van der Waals surface area contributed by atoms with E-state index in [0.717, 1.165) is 11.4 Å². The van der Waals surface area contributed by atoms with E-state index in [1.807, 2.05) is 40.8 Å². The molecule has 1 rings (SSSR count). The number of carbonyl (C=O) groups excluding carboxylic acids is 1. The highest BCUT2D eigenvalue weighted by atomic mass is 16.2. The third-order valence-electron chi connectivity index (χ3n) is 2.56. The Balaban J connectivity index is 2.70. The molecule has 0 radical (unpaired) electrons. The first kappa shape index (κ1) is 11.8. The summed E-state index contributed by atoms with van der Waals surface area (Å²) in [6.07, 6.45) is 0. The van der Waals surface area contributed by atoms with Crippen LogP contribution in [0.1, 0.15) is 25.2 Å². The first-order chi connectivity index (χ1) is 6.91. The molecular formula is C11H19N3O. The molecule has 0 spiro atoms. The van der Waals surface area contributed by atoms with Crippen LogP contribution < -0.4 is 0 Å². The number of amides is 1. The minimum absolute atomic E-state index is 0.0937. The molecule has 1 aromatic rings. The van der Waals surface area contributed by atoms with Gasteiger partial charge in [0.1, 0.15) is 6.54 Å².